The number of carbonyl (C=O) groups is 1. The monoisotopic (exact) mass is 384 g/mol. The highest BCUT2D eigenvalue weighted by molar-refractivity contribution is 6.04. The van der Waals surface area contributed by atoms with Crippen molar-refractivity contribution in [2.45, 2.75) is 20.8 Å². The summed E-state index contributed by atoms with van der Waals surface area (Å²) in [4.78, 5) is 29.2. The van der Waals surface area contributed by atoms with Crippen molar-refractivity contribution >= 4 is 22.7 Å². The molecule has 0 unspecified atom stereocenters. The first-order valence-corrected chi connectivity index (χ1v) is 9.30. The van der Waals surface area contributed by atoms with Crippen LogP contribution in [0.1, 0.15) is 27.0 Å². The lowest BCUT2D eigenvalue weighted by Crippen LogP contribution is -2.12. The van der Waals surface area contributed by atoms with Crippen LogP contribution in [0.15, 0.2) is 70.0 Å². The van der Waals surface area contributed by atoms with Crippen LogP contribution in [0.25, 0.3) is 22.3 Å². The number of rotatable bonds is 3. The molecule has 0 radical (unpaired) electrons. The number of anilines is 1. The molecular formula is C24H20N2O3. The summed E-state index contributed by atoms with van der Waals surface area (Å²) in [5, 5.41) is 3.34. The third-order valence-electron chi connectivity index (χ3n) is 4.74. The van der Waals surface area contributed by atoms with Crippen molar-refractivity contribution in [1.29, 1.82) is 0 Å². The first kappa shape index (κ1) is 18.6. The summed E-state index contributed by atoms with van der Waals surface area (Å²) in [7, 11) is 0. The maximum atomic E-state index is 12.5. The molecule has 5 heteroatoms. The lowest BCUT2D eigenvalue weighted by atomic mass is 10.1. The molecule has 1 amide bonds. The van der Waals surface area contributed by atoms with Crippen molar-refractivity contribution in [3.05, 3.63) is 93.3 Å². The molecule has 1 N–H and O–H groups in total. The van der Waals surface area contributed by atoms with Gasteiger partial charge in [0.05, 0.1) is 5.39 Å². The Bertz CT molecular complexity index is 1270. The van der Waals surface area contributed by atoms with Crippen LogP contribution in [0.2, 0.25) is 0 Å². The van der Waals surface area contributed by atoms with Gasteiger partial charge in [-0.3, -0.25) is 9.59 Å². The highest BCUT2D eigenvalue weighted by atomic mass is 16.3. The first-order valence-electron chi connectivity index (χ1n) is 9.30. The van der Waals surface area contributed by atoms with E-state index in [1.165, 1.54) is 6.07 Å². The third-order valence-corrected chi connectivity index (χ3v) is 4.74. The van der Waals surface area contributed by atoms with E-state index in [2.05, 4.69) is 10.3 Å². The molecule has 0 fully saturated rings. The minimum absolute atomic E-state index is 0.0830. The van der Waals surface area contributed by atoms with Crippen LogP contribution < -0.4 is 10.7 Å². The Labute approximate surface area is 168 Å². The van der Waals surface area contributed by atoms with E-state index in [1.807, 2.05) is 39.0 Å². The minimum atomic E-state index is -0.251. The van der Waals surface area contributed by atoms with E-state index < -0.39 is 0 Å². The predicted octanol–water partition coefficient (Wildman–Crippen LogP) is 5.03. The van der Waals surface area contributed by atoms with E-state index in [1.54, 1.807) is 36.5 Å². The quantitative estimate of drug-likeness (QED) is 0.537. The molecule has 0 aliphatic rings. The Morgan fingerprint density at radius 2 is 1.69 bits per heavy atom. The van der Waals surface area contributed by atoms with Crippen molar-refractivity contribution in [1.82, 2.24) is 4.98 Å². The van der Waals surface area contributed by atoms with Gasteiger partial charge in [0, 0.05) is 23.4 Å². The van der Waals surface area contributed by atoms with Gasteiger partial charge in [-0.15, -0.1) is 0 Å². The molecule has 0 saturated heterocycles. The fourth-order valence-electron chi connectivity index (χ4n) is 3.27. The lowest BCUT2D eigenvalue weighted by Gasteiger charge is -2.08. The van der Waals surface area contributed by atoms with E-state index in [0.29, 0.717) is 28.1 Å². The fraction of sp³-hybridized carbons (Fsp3) is 0.125. The number of hydrogen-bond donors (Lipinski definition) is 1. The largest absolute Gasteiger partial charge is 0.456 e. The Morgan fingerprint density at radius 3 is 2.38 bits per heavy atom. The van der Waals surface area contributed by atoms with E-state index in [-0.39, 0.29) is 11.3 Å². The second-order valence-electron chi connectivity index (χ2n) is 7.19. The Kier molecular flexibility index (Phi) is 4.72. The molecule has 144 valence electrons. The molecule has 0 aliphatic carbocycles. The molecule has 2 heterocycles. The SMILES string of the molecule is Cc1ccc(NC(=O)c2ccc(-c3cc(=O)c4cc(C)cc(C)c4o3)cc2)nc1. The molecule has 0 bridgehead atoms. The molecule has 0 spiro atoms. The van der Waals surface area contributed by atoms with Gasteiger partial charge in [-0.1, -0.05) is 24.3 Å². The number of aromatic nitrogens is 1. The van der Waals surface area contributed by atoms with Crippen LogP contribution in [0.5, 0.6) is 0 Å². The summed E-state index contributed by atoms with van der Waals surface area (Å²) in [6.45, 7) is 5.81. The van der Waals surface area contributed by atoms with Gasteiger partial charge in [-0.25, -0.2) is 4.98 Å². The minimum Gasteiger partial charge on any atom is -0.456 e. The maximum Gasteiger partial charge on any atom is 0.256 e. The van der Waals surface area contributed by atoms with Gasteiger partial charge in [-0.2, -0.15) is 0 Å². The zero-order valence-electron chi connectivity index (χ0n) is 16.4. The van der Waals surface area contributed by atoms with Gasteiger partial charge < -0.3 is 9.73 Å². The van der Waals surface area contributed by atoms with E-state index in [0.717, 1.165) is 22.3 Å². The molecule has 5 nitrogen and oxygen atoms in total. The second-order valence-corrected chi connectivity index (χ2v) is 7.19. The van der Waals surface area contributed by atoms with Gasteiger partial charge in [0.15, 0.2) is 5.43 Å². The Hall–Kier alpha value is -3.73. The lowest BCUT2D eigenvalue weighted by molar-refractivity contribution is 0.102. The molecule has 0 aliphatic heterocycles. The summed E-state index contributed by atoms with van der Waals surface area (Å²) in [5.41, 5.74) is 4.69. The van der Waals surface area contributed by atoms with E-state index in [9.17, 15) is 9.59 Å². The Morgan fingerprint density at radius 1 is 0.931 bits per heavy atom. The number of carbonyl (C=O) groups excluding carboxylic acids is 1. The van der Waals surface area contributed by atoms with Gasteiger partial charge in [0.25, 0.3) is 5.91 Å². The molecule has 29 heavy (non-hydrogen) atoms. The highest BCUT2D eigenvalue weighted by Crippen LogP contribution is 2.25. The van der Waals surface area contributed by atoms with E-state index >= 15 is 0 Å². The zero-order chi connectivity index (χ0) is 20.5. The van der Waals surface area contributed by atoms with Crippen LogP contribution >= 0.6 is 0 Å². The highest BCUT2D eigenvalue weighted by Gasteiger charge is 2.11. The zero-order valence-corrected chi connectivity index (χ0v) is 16.4. The van der Waals surface area contributed by atoms with Crippen LogP contribution in [0.3, 0.4) is 0 Å². The molecule has 0 saturated carbocycles. The van der Waals surface area contributed by atoms with Gasteiger partial charge in [0.2, 0.25) is 0 Å². The number of nitrogens with zero attached hydrogens (tertiary/aromatic N) is 1. The van der Waals surface area contributed by atoms with Crippen molar-refractivity contribution in [2.75, 3.05) is 5.32 Å². The number of aryl methyl sites for hydroxylation is 3. The molecule has 2 aromatic carbocycles. The van der Waals surface area contributed by atoms with Gasteiger partial charge in [-0.05, 0) is 61.7 Å². The number of fused-ring (bicyclic) bond motifs is 1. The molecule has 2 aromatic heterocycles. The summed E-state index contributed by atoms with van der Waals surface area (Å²) in [5.74, 6) is 0.719. The number of hydrogen-bond acceptors (Lipinski definition) is 4. The van der Waals surface area contributed by atoms with Crippen molar-refractivity contribution in [3.63, 3.8) is 0 Å². The van der Waals surface area contributed by atoms with Crippen LogP contribution in [-0.4, -0.2) is 10.9 Å². The smallest absolute Gasteiger partial charge is 0.256 e. The standard InChI is InChI=1S/C24H20N2O3/c1-14-4-9-22(25-13-14)26-24(28)18-7-5-17(6-8-18)21-12-20(27)19-11-15(2)10-16(3)23(19)29-21/h4-13H,1-3H3,(H,25,26,28). The Balaban J connectivity index is 1.63. The molecular weight excluding hydrogens is 364 g/mol. The number of nitrogens with one attached hydrogen (secondary N) is 1. The second kappa shape index (κ2) is 7.36. The number of pyridine rings is 1. The maximum absolute atomic E-state index is 12.5. The summed E-state index contributed by atoms with van der Waals surface area (Å²) >= 11 is 0. The summed E-state index contributed by atoms with van der Waals surface area (Å²) < 4.78 is 6.01. The van der Waals surface area contributed by atoms with E-state index in [4.69, 9.17) is 4.42 Å². The fourth-order valence-corrected chi connectivity index (χ4v) is 3.27. The van der Waals surface area contributed by atoms with Crippen LogP contribution in [0, 0.1) is 20.8 Å². The number of benzene rings is 2. The molecule has 0 atom stereocenters. The van der Waals surface area contributed by atoms with Gasteiger partial charge >= 0.3 is 0 Å². The number of amides is 1. The first-order chi connectivity index (χ1) is 13.9. The van der Waals surface area contributed by atoms with Crippen molar-refractivity contribution in [3.8, 4) is 11.3 Å². The normalized spacial score (nSPS) is 10.9. The van der Waals surface area contributed by atoms with Crippen LogP contribution in [0.4, 0.5) is 5.82 Å². The average molecular weight is 384 g/mol. The van der Waals surface area contributed by atoms with Crippen LogP contribution in [-0.2, 0) is 0 Å². The average Bonchev–Trinajstić information content (AvgIpc) is 2.70. The molecule has 4 rings (SSSR count). The topological polar surface area (TPSA) is 72.2 Å². The van der Waals surface area contributed by atoms with Crippen molar-refractivity contribution < 1.29 is 9.21 Å². The third kappa shape index (κ3) is 3.80. The summed E-state index contributed by atoms with van der Waals surface area (Å²) in [6.07, 6.45) is 1.70. The van der Waals surface area contributed by atoms with Crippen molar-refractivity contribution in [2.24, 2.45) is 0 Å². The van der Waals surface area contributed by atoms with Gasteiger partial charge in [0.1, 0.15) is 17.2 Å². The summed E-state index contributed by atoms with van der Waals surface area (Å²) in [6, 6.07) is 15.9. The predicted molar refractivity (Wildman–Crippen MR) is 114 cm³/mol. The molecule has 4 aromatic rings.